The molecule has 0 aromatic heterocycles. The molecule has 0 unspecified atom stereocenters. The van der Waals surface area contributed by atoms with Gasteiger partial charge in [-0.15, -0.1) is 0 Å². The standard InChI is InChI=1S/Mn.Na.H3O4P.Zn.H/c;;1-5(2,3)4;;/h;;(H3,1,2,3,4);;. The molecule has 0 aliphatic rings. The molecule has 0 aromatic carbocycles. The summed E-state index contributed by atoms with van der Waals surface area (Å²) in [5.74, 6) is 0. The van der Waals surface area contributed by atoms with Crippen LogP contribution in [0.5, 0.6) is 0 Å². The molecule has 0 bridgehead atoms. The van der Waals surface area contributed by atoms with E-state index in [4.69, 9.17) is 19.2 Å². The van der Waals surface area contributed by atoms with E-state index in [9.17, 15) is 0 Å². The van der Waals surface area contributed by atoms with Crippen molar-refractivity contribution >= 4 is 37.4 Å². The minimum atomic E-state index is -4.64. The summed E-state index contributed by atoms with van der Waals surface area (Å²) in [5, 5.41) is 0. The molecule has 3 N–H and O–H groups in total. The van der Waals surface area contributed by atoms with Gasteiger partial charge < -0.3 is 14.7 Å². The maximum absolute atomic E-state index is 8.88. The maximum atomic E-state index is 8.88. The van der Waals surface area contributed by atoms with Crippen LogP contribution in [0, 0.1) is 0 Å². The van der Waals surface area contributed by atoms with Crippen LogP contribution in [0.3, 0.4) is 0 Å². The summed E-state index contributed by atoms with van der Waals surface area (Å²) in [6, 6.07) is 0. The molecule has 0 heterocycles. The van der Waals surface area contributed by atoms with E-state index in [0.29, 0.717) is 0 Å². The van der Waals surface area contributed by atoms with E-state index in [1.807, 2.05) is 0 Å². The third-order valence-electron chi connectivity index (χ3n) is 0. The molecule has 8 heavy (non-hydrogen) atoms. The maximum Gasteiger partial charge on any atom is 0 e. The summed E-state index contributed by atoms with van der Waals surface area (Å²) in [6.07, 6.45) is 0. The molecular weight excluding hydrogens is 238 g/mol. The van der Waals surface area contributed by atoms with Gasteiger partial charge in [-0.1, -0.05) is 0 Å². The van der Waals surface area contributed by atoms with Gasteiger partial charge in [0.05, 0.1) is 0 Å². The molecule has 0 saturated carbocycles. The summed E-state index contributed by atoms with van der Waals surface area (Å²) in [5.41, 5.74) is 0. The van der Waals surface area contributed by atoms with E-state index in [1.54, 1.807) is 0 Å². The first-order valence-corrected chi connectivity index (χ1v) is 2.35. The Bertz CT molecular complexity index is 62.2. The summed E-state index contributed by atoms with van der Waals surface area (Å²) in [4.78, 5) is 21.6. The molecule has 0 aliphatic carbocycles. The van der Waals surface area contributed by atoms with Crippen molar-refractivity contribution in [2.45, 2.75) is 0 Å². The van der Waals surface area contributed by atoms with Crippen LogP contribution in [-0.2, 0) is 41.1 Å². The zero-order chi connectivity index (χ0) is 4.50. The molecule has 0 atom stereocenters. The van der Waals surface area contributed by atoms with Crippen molar-refractivity contribution in [3.63, 3.8) is 0 Å². The van der Waals surface area contributed by atoms with Gasteiger partial charge in [-0.25, -0.2) is 4.57 Å². The Hall–Kier alpha value is 2.25. The Morgan fingerprint density at radius 3 is 1.12 bits per heavy atom. The van der Waals surface area contributed by atoms with Gasteiger partial charge in [0.2, 0.25) is 0 Å². The van der Waals surface area contributed by atoms with Gasteiger partial charge in [-0.2, -0.15) is 0 Å². The van der Waals surface area contributed by atoms with Crippen molar-refractivity contribution in [3.8, 4) is 0 Å². The van der Waals surface area contributed by atoms with Gasteiger partial charge in [-0.05, 0) is 0 Å². The van der Waals surface area contributed by atoms with E-state index in [1.165, 1.54) is 0 Å². The number of hydrogen-bond acceptors (Lipinski definition) is 1. The second-order valence-electron chi connectivity index (χ2n) is 0.513. The molecule has 0 spiro atoms. The molecule has 43 valence electrons. The summed E-state index contributed by atoms with van der Waals surface area (Å²) >= 11 is 0. The minimum absolute atomic E-state index is 0. The molecule has 1 radical (unpaired) electrons. The van der Waals surface area contributed by atoms with Crippen LogP contribution in [0.15, 0.2) is 0 Å². The zero-order valence-electron chi connectivity index (χ0n) is 3.28. The van der Waals surface area contributed by atoms with E-state index >= 15 is 0 Å². The third-order valence-corrected chi connectivity index (χ3v) is 0. The average molecular weight is 242 g/mol. The van der Waals surface area contributed by atoms with E-state index in [0.717, 1.165) is 0 Å². The quantitative estimate of drug-likeness (QED) is 0.354. The molecule has 0 rings (SSSR count). The second-order valence-corrected chi connectivity index (χ2v) is 1.54. The van der Waals surface area contributed by atoms with Gasteiger partial charge in [0, 0.05) is 36.5 Å². The average Bonchev–Trinajstić information content (AvgIpc) is 0.722. The SMILES string of the molecule is O=P(O)(O)O.[Mn].[NaH].[Zn]. The van der Waals surface area contributed by atoms with E-state index in [-0.39, 0.29) is 66.1 Å². The van der Waals surface area contributed by atoms with Crippen molar-refractivity contribution in [3.05, 3.63) is 0 Å². The van der Waals surface area contributed by atoms with Crippen LogP contribution >= 0.6 is 7.82 Å². The van der Waals surface area contributed by atoms with Crippen LogP contribution in [0.4, 0.5) is 0 Å². The molecule has 4 nitrogen and oxygen atoms in total. The Morgan fingerprint density at radius 1 is 1.12 bits per heavy atom. The largest absolute Gasteiger partial charge is 0 e. The number of rotatable bonds is 0. The monoisotopic (exact) mass is 241 g/mol. The normalized spacial score (nSPS) is 7.38. The fraction of sp³-hybridized carbons (Fsp3) is 0. The third kappa shape index (κ3) is 85.5. The van der Waals surface area contributed by atoms with E-state index in [2.05, 4.69) is 0 Å². The van der Waals surface area contributed by atoms with Gasteiger partial charge in [0.15, 0.2) is 0 Å². The summed E-state index contributed by atoms with van der Waals surface area (Å²) in [7, 11) is -4.64. The molecule has 0 fully saturated rings. The molecule has 0 aliphatic heterocycles. The molecule has 0 saturated heterocycles. The molecule has 0 aromatic rings. The minimum Gasteiger partial charge on any atom is 0 e. The molecular formula is H4MnNaO4PZn. The van der Waals surface area contributed by atoms with Crippen LogP contribution in [0.25, 0.3) is 0 Å². The predicted octanol–water partition coefficient (Wildman–Crippen LogP) is -1.58. The fourth-order valence-electron chi connectivity index (χ4n) is 0. The van der Waals surface area contributed by atoms with Crippen molar-refractivity contribution in [2.24, 2.45) is 0 Å². The zero-order valence-corrected chi connectivity index (χ0v) is 8.32. The first-order valence-electron chi connectivity index (χ1n) is 0.783. The van der Waals surface area contributed by atoms with Gasteiger partial charge in [0.25, 0.3) is 0 Å². The Balaban J connectivity index is -0.0000000267. The fourth-order valence-corrected chi connectivity index (χ4v) is 0. The Labute approximate surface area is 92.2 Å². The molecule has 0 amide bonds. The van der Waals surface area contributed by atoms with Crippen molar-refractivity contribution < 1.29 is 55.8 Å². The summed E-state index contributed by atoms with van der Waals surface area (Å²) < 4.78 is 8.88. The number of phosphoric acid groups is 1. The van der Waals surface area contributed by atoms with Gasteiger partial charge in [0.1, 0.15) is 0 Å². The first kappa shape index (κ1) is 22.5. The van der Waals surface area contributed by atoms with Crippen molar-refractivity contribution in [2.75, 3.05) is 0 Å². The van der Waals surface area contributed by atoms with Crippen LogP contribution in [0.2, 0.25) is 0 Å². The Kier molecular flexibility index (Phi) is 26.0. The number of hydrogen-bond donors (Lipinski definition) is 3. The van der Waals surface area contributed by atoms with Crippen LogP contribution in [0.1, 0.15) is 0 Å². The molecule has 8 heteroatoms. The predicted molar refractivity (Wildman–Crippen MR) is 21.4 cm³/mol. The second kappa shape index (κ2) is 9.25. The van der Waals surface area contributed by atoms with Gasteiger partial charge in [-0.3, -0.25) is 0 Å². The van der Waals surface area contributed by atoms with Crippen molar-refractivity contribution in [1.82, 2.24) is 0 Å². The first-order chi connectivity index (χ1) is 2.00. The topological polar surface area (TPSA) is 77.8 Å². The van der Waals surface area contributed by atoms with Crippen LogP contribution in [-0.4, -0.2) is 44.2 Å². The summed E-state index contributed by atoms with van der Waals surface area (Å²) in [6.45, 7) is 0. The van der Waals surface area contributed by atoms with E-state index < -0.39 is 7.82 Å². The Morgan fingerprint density at radius 2 is 1.12 bits per heavy atom. The smallest absolute Gasteiger partial charge is 0 e. The van der Waals surface area contributed by atoms with Gasteiger partial charge >= 0.3 is 37.4 Å². The van der Waals surface area contributed by atoms with Crippen LogP contribution < -0.4 is 0 Å². The van der Waals surface area contributed by atoms with Crippen molar-refractivity contribution in [1.29, 1.82) is 0 Å².